The van der Waals surface area contributed by atoms with Crippen LogP contribution >= 0.6 is 11.3 Å². The molecule has 6 heteroatoms. The van der Waals surface area contributed by atoms with E-state index in [1.165, 1.54) is 11.3 Å². The first-order valence-corrected chi connectivity index (χ1v) is 10.3. The van der Waals surface area contributed by atoms with E-state index in [9.17, 15) is 9.59 Å². The summed E-state index contributed by atoms with van der Waals surface area (Å²) in [5.74, 6) is -0.562. The van der Waals surface area contributed by atoms with Gasteiger partial charge in [-0.1, -0.05) is 60.2 Å². The maximum atomic E-state index is 13.0. The molecule has 0 N–H and O–H groups in total. The molecule has 3 aromatic rings. The van der Waals surface area contributed by atoms with Crippen molar-refractivity contribution in [2.45, 2.75) is 32.7 Å². The van der Waals surface area contributed by atoms with Gasteiger partial charge in [0.15, 0.2) is 11.7 Å². The van der Waals surface area contributed by atoms with Gasteiger partial charge in [0.1, 0.15) is 0 Å². The van der Waals surface area contributed by atoms with Gasteiger partial charge in [-0.15, -0.1) is 0 Å². The Labute approximate surface area is 168 Å². The highest BCUT2D eigenvalue weighted by atomic mass is 32.1. The predicted octanol–water partition coefficient (Wildman–Crippen LogP) is 4.48. The van der Waals surface area contributed by atoms with E-state index < -0.39 is 0 Å². The van der Waals surface area contributed by atoms with E-state index in [1.54, 1.807) is 4.90 Å². The number of nitrogens with zero attached hydrogens (tertiary/aromatic N) is 2. The van der Waals surface area contributed by atoms with E-state index in [2.05, 4.69) is 0 Å². The maximum absolute atomic E-state index is 13.0. The van der Waals surface area contributed by atoms with Crippen LogP contribution in [0.5, 0.6) is 0 Å². The van der Waals surface area contributed by atoms with Crippen molar-refractivity contribution in [3.63, 3.8) is 0 Å². The molecule has 1 saturated carbocycles. The Kier molecular flexibility index (Phi) is 5.39. The Morgan fingerprint density at radius 2 is 1.93 bits per heavy atom. The number of hydrogen-bond acceptors (Lipinski definition) is 5. The Morgan fingerprint density at radius 1 is 1.14 bits per heavy atom. The molecule has 1 heterocycles. The normalized spacial score (nSPS) is 13.9. The molecule has 0 unspecified atom stereocenters. The Balaban J connectivity index is 1.57. The first-order chi connectivity index (χ1) is 13.6. The van der Waals surface area contributed by atoms with Gasteiger partial charge < -0.3 is 4.74 Å². The first-order valence-electron chi connectivity index (χ1n) is 9.49. The fourth-order valence-electron chi connectivity index (χ4n) is 3.19. The number of amides is 1. The lowest BCUT2D eigenvalue weighted by atomic mass is 9.86. The highest BCUT2D eigenvalue weighted by Gasteiger charge is 2.28. The molecule has 1 fully saturated rings. The number of esters is 1. The zero-order valence-corrected chi connectivity index (χ0v) is 16.6. The van der Waals surface area contributed by atoms with Crippen LogP contribution in [-0.4, -0.2) is 23.5 Å². The van der Waals surface area contributed by atoms with E-state index in [0.717, 1.165) is 40.6 Å². The minimum atomic E-state index is -0.264. The summed E-state index contributed by atoms with van der Waals surface area (Å²) < 4.78 is 6.33. The number of ether oxygens (including phenoxy) is 1. The lowest BCUT2D eigenvalue weighted by Gasteiger charge is -2.24. The Morgan fingerprint density at radius 3 is 2.61 bits per heavy atom. The number of thiazole rings is 1. The molecule has 0 aliphatic heterocycles. The SMILES string of the molecule is Cc1cccc2sc(N(Cc3ccccc3)C(=O)COC(=O)C3CCC3)nc12. The van der Waals surface area contributed by atoms with Crippen molar-refractivity contribution >= 4 is 38.6 Å². The molecule has 1 aromatic heterocycles. The predicted molar refractivity (Wildman–Crippen MR) is 110 cm³/mol. The number of carbonyl (C=O) groups is 2. The average molecular weight is 394 g/mol. The third-order valence-electron chi connectivity index (χ3n) is 5.10. The Bertz CT molecular complexity index is 995. The second-order valence-corrected chi connectivity index (χ2v) is 8.13. The molecule has 5 nitrogen and oxygen atoms in total. The Hall–Kier alpha value is -2.73. The molecule has 28 heavy (non-hydrogen) atoms. The number of aryl methyl sites for hydroxylation is 1. The molecule has 0 bridgehead atoms. The van der Waals surface area contributed by atoms with E-state index in [-0.39, 0.29) is 24.4 Å². The summed E-state index contributed by atoms with van der Waals surface area (Å²) in [4.78, 5) is 31.3. The maximum Gasteiger partial charge on any atom is 0.309 e. The summed E-state index contributed by atoms with van der Waals surface area (Å²) in [7, 11) is 0. The van der Waals surface area contributed by atoms with Gasteiger partial charge in [0.2, 0.25) is 0 Å². The van der Waals surface area contributed by atoms with Gasteiger partial charge in [-0.25, -0.2) is 4.98 Å². The standard InChI is InChI=1S/C22H22N2O3S/c1-15-7-5-12-18-20(15)23-22(28-18)24(13-16-8-3-2-4-9-16)19(25)14-27-21(26)17-10-6-11-17/h2-5,7-9,12,17H,6,10-11,13-14H2,1H3. The summed E-state index contributed by atoms with van der Waals surface area (Å²) in [5.41, 5.74) is 2.97. The van der Waals surface area contributed by atoms with Crippen LogP contribution in [0.25, 0.3) is 10.2 Å². The minimum absolute atomic E-state index is 0.0412. The van der Waals surface area contributed by atoms with Crippen molar-refractivity contribution in [1.29, 1.82) is 0 Å². The second kappa shape index (κ2) is 8.10. The fourth-order valence-corrected chi connectivity index (χ4v) is 4.25. The molecular weight excluding hydrogens is 372 g/mol. The van der Waals surface area contributed by atoms with Crippen molar-refractivity contribution in [3.05, 3.63) is 59.7 Å². The molecule has 1 aliphatic carbocycles. The highest BCUT2D eigenvalue weighted by molar-refractivity contribution is 7.22. The summed E-state index contributed by atoms with van der Waals surface area (Å²) in [5, 5.41) is 0.623. The van der Waals surface area contributed by atoms with Crippen molar-refractivity contribution in [2.75, 3.05) is 11.5 Å². The number of anilines is 1. The number of hydrogen-bond donors (Lipinski definition) is 0. The van der Waals surface area contributed by atoms with Crippen LogP contribution in [0, 0.1) is 12.8 Å². The number of fused-ring (bicyclic) bond motifs is 1. The van der Waals surface area contributed by atoms with Crippen LogP contribution in [0.15, 0.2) is 48.5 Å². The number of para-hydroxylation sites is 1. The lowest BCUT2D eigenvalue weighted by Crippen LogP contribution is -2.35. The molecule has 0 saturated heterocycles. The van der Waals surface area contributed by atoms with E-state index >= 15 is 0 Å². The second-order valence-electron chi connectivity index (χ2n) is 7.12. The third kappa shape index (κ3) is 3.92. The molecule has 2 aromatic carbocycles. The van der Waals surface area contributed by atoms with Crippen LogP contribution in [0.2, 0.25) is 0 Å². The summed E-state index contributed by atoms with van der Waals surface area (Å²) in [6, 6.07) is 15.8. The van der Waals surface area contributed by atoms with E-state index in [0.29, 0.717) is 11.7 Å². The van der Waals surface area contributed by atoms with Gasteiger partial charge in [0, 0.05) is 0 Å². The number of carbonyl (C=O) groups excluding carboxylic acids is 2. The number of benzene rings is 2. The zero-order chi connectivity index (χ0) is 19.5. The summed E-state index contributed by atoms with van der Waals surface area (Å²) in [6.07, 6.45) is 2.77. The van der Waals surface area contributed by atoms with Crippen LogP contribution in [-0.2, 0) is 20.9 Å². The van der Waals surface area contributed by atoms with E-state index in [4.69, 9.17) is 9.72 Å². The molecule has 4 rings (SSSR count). The third-order valence-corrected chi connectivity index (χ3v) is 6.14. The quantitative estimate of drug-likeness (QED) is 0.578. The van der Waals surface area contributed by atoms with Gasteiger partial charge >= 0.3 is 5.97 Å². The van der Waals surface area contributed by atoms with Gasteiger partial charge in [-0.3, -0.25) is 14.5 Å². The largest absolute Gasteiger partial charge is 0.455 e. The van der Waals surface area contributed by atoms with Crippen molar-refractivity contribution in [1.82, 2.24) is 4.98 Å². The average Bonchev–Trinajstić information content (AvgIpc) is 3.09. The van der Waals surface area contributed by atoms with Crippen LogP contribution in [0.1, 0.15) is 30.4 Å². The van der Waals surface area contributed by atoms with Crippen LogP contribution in [0.4, 0.5) is 5.13 Å². The zero-order valence-electron chi connectivity index (χ0n) is 15.8. The van der Waals surface area contributed by atoms with Gasteiger partial charge in [-0.2, -0.15) is 0 Å². The lowest BCUT2D eigenvalue weighted by molar-refractivity contribution is -0.154. The minimum Gasteiger partial charge on any atom is -0.455 e. The molecule has 1 amide bonds. The molecular formula is C22H22N2O3S. The van der Waals surface area contributed by atoms with Gasteiger partial charge in [0.25, 0.3) is 5.91 Å². The molecule has 0 radical (unpaired) electrons. The monoisotopic (exact) mass is 394 g/mol. The topological polar surface area (TPSA) is 59.5 Å². The number of rotatable bonds is 6. The van der Waals surface area contributed by atoms with Crippen LogP contribution < -0.4 is 4.90 Å². The van der Waals surface area contributed by atoms with Gasteiger partial charge in [0.05, 0.1) is 22.7 Å². The van der Waals surface area contributed by atoms with E-state index in [1.807, 2.05) is 55.5 Å². The molecule has 144 valence electrons. The molecule has 0 atom stereocenters. The molecule has 1 aliphatic rings. The van der Waals surface area contributed by atoms with Crippen molar-refractivity contribution in [3.8, 4) is 0 Å². The smallest absolute Gasteiger partial charge is 0.309 e. The van der Waals surface area contributed by atoms with Gasteiger partial charge in [-0.05, 0) is 37.0 Å². The highest BCUT2D eigenvalue weighted by Crippen LogP contribution is 2.32. The van der Waals surface area contributed by atoms with Crippen LogP contribution in [0.3, 0.4) is 0 Å². The summed E-state index contributed by atoms with van der Waals surface area (Å²) >= 11 is 1.48. The first kappa shape index (κ1) is 18.6. The number of aromatic nitrogens is 1. The van der Waals surface area contributed by atoms with Crippen molar-refractivity contribution in [2.24, 2.45) is 5.92 Å². The fraction of sp³-hybridized carbons (Fsp3) is 0.318. The van der Waals surface area contributed by atoms with Crippen molar-refractivity contribution < 1.29 is 14.3 Å². The summed E-state index contributed by atoms with van der Waals surface area (Å²) in [6.45, 7) is 2.15. The molecule has 0 spiro atoms.